The van der Waals surface area contributed by atoms with E-state index in [2.05, 4.69) is 35.8 Å². The van der Waals surface area contributed by atoms with Crippen molar-refractivity contribution in [3.05, 3.63) is 29.3 Å². The minimum Gasteiger partial charge on any atom is -0.323 e. The van der Waals surface area contributed by atoms with Crippen molar-refractivity contribution in [2.45, 2.75) is 38.8 Å². The third-order valence-corrected chi connectivity index (χ3v) is 4.19. The molecule has 1 heterocycles. The highest BCUT2D eigenvalue weighted by molar-refractivity contribution is 5.92. The van der Waals surface area contributed by atoms with Crippen molar-refractivity contribution in [1.29, 1.82) is 0 Å². The van der Waals surface area contributed by atoms with Gasteiger partial charge in [0.25, 0.3) is 0 Å². The van der Waals surface area contributed by atoms with Crippen molar-refractivity contribution in [1.82, 2.24) is 10.2 Å². The Morgan fingerprint density at radius 2 is 2.25 bits per heavy atom. The molecular formula is C16H23N3O. The van der Waals surface area contributed by atoms with Crippen LogP contribution in [0.4, 0.5) is 10.5 Å². The lowest BCUT2D eigenvalue weighted by molar-refractivity contribution is 0.218. The average molecular weight is 273 g/mol. The van der Waals surface area contributed by atoms with Crippen molar-refractivity contribution < 1.29 is 4.79 Å². The second kappa shape index (κ2) is 5.44. The molecule has 1 unspecified atom stereocenters. The number of carbonyl (C=O) groups is 1. The van der Waals surface area contributed by atoms with E-state index in [4.69, 9.17) is 0 Å². The second-order valence-electron chi connectivity index (χ2n) is 5.97. The fourth-order valence-electron chi connectivity index (χ4n) is 2.88. The molecule has 1 aromatic carbocycles. The molecule has 2 aliphatic rings. The molecule has 0 aromatic heterocycles. The van der Waals surface area contributed by atoms with Crippen molar-refractivity contribution in [2.24, 2.45) is 5.92 Å². The Bertz CT molecular complexity index is 510. The predicted molar refractivity (Wildman–Crippen MR) is 80.7 cm³/mol. The summed E-state index contributed by atoms with van der Waals surface area (Å²) in [6.45, 7) is 3.96. The Morgan fingerprint density at radius 1 is 1.45 bits per heavy atom. The second-order valence-corrected chi connectivity index (χ2v) is 5.97. The van der Waals surface area contributed by atoms with Crippen LogP contribution in [0.3, 0.4) is 0 Å². The highest BCUT2D eigenvalue weighted by Gasteiger charge is 2.32. The van der Waals surface area contributed by atoms with Gasteiger partial charge in [-0.1, -0.05) is 19.1 Å². The highest BCUT2D eigenvalue weighted by Crippen LogP contribution is 2.41. The number of benzene rings is 1. The summed E-state index contributed by atoms with van der Waals surface area (Å²) >= 11 is 0. The van der Waals surface area contributed by atoms with Gasteiger partial charge in [-0.25, -0.2) is 4.79 Å². The van der Waals surface area contributed by atoms with Gasteiger partial charge in [0.05, 0.1) is 0 Å². The van der Waals surface area contributed by atoms with Gasteiger partial charge in [0.15, 0.2) is 0 Å². The van der Waals surface area contributed by atoms with Gasteiger partial charge < -0.3 is 15.5 Å². The first kappa shape index (κ1) is 13.4. The maximum absolute atomic E-state index is 11.6. The number of rotatable bonds is 5. The van der Waals surface area contributed by atoms with Crippen molar-refractivity contribution in [3.8, 4) is 0 Å². The van der Waals surface area contributed by atoms with E-state index in [0.29, 0.717) is 12.6 Å². The van der Waals surface area contributed by atoms with Gasteiger partial charge in [0.1, 0.15) is 0 Å². The Morgan fingerprint density at radius 3 is 2.95 bits per heavy atom. The van der Waals surface area contributed by atoms with Gasteiger partial charge in [-0.15, -0.1) is 0 Å². The number of hydrogen-bond acceptors (Lipinski definition) is 2. The smallest absolute Gasteiger partial charge is 0.321 e. The average Bonchev–Trinajstić information content (AvgIpc) is 3.25. The molecule has 0 saturated heterocycles. The number of anilines is 1. The van der Waals surface area contributed by atoms with Gasteiger partial charge >= 0.3 is 6.03 Å². The van der Waals surface area contributed by atoms with E-state index in [-0.39, 0.29) is 6.03 Å². The molecule has 1 atom stereocenters. The summed E-state index contributed by atoms with van der Waals surface area (Å²) in [4.78, 5) is 13.4. The van der Waals surface area contributed by atoms with Gasteiger partial charge in [-0.05, 0) is 48.9 Å². The molecule has 108 valence electrons. The normalized spacial score (nSPS) is 19.5. The quantitative estimate of drug-likeness (QED) is 0.865. The number of hydrogen-bond donors (Lipinski definition) is 2. The Hall–Kier alpha value is -1.55. The van der Waals surface area contributed by atoms with Crippen LogP contribution in [0.15, 0.2) is 18.2 Å². The van der Waals surface area contributed by atoms with Gasteiger partial charge in [-0.2, -0.15) is 0 Å². The first-order valence-electron chi connectivity index (χ1n) is 7.57. The number of nitrogens with one attached hydrogen (secondary N) is 2. The summed E-state index contributed by atoms with van der Waals surface area (Å²) in [6.07, 6.45) is 3.82. The molecule has 0 spiro atoms. The lowest BCUT2D eigenvalue weighted by atomic mass is 9.98. The van der Waals surface area contributed by atoms with Crippen LogP contribution in [0.1, 0.15) is 43.4 Å². The molecule has 1 aliphatic carbocycles. The minimum atomic E-state index is -0.0203. The van der Waals surface area contributed by atoms with Crippen LogP contribution in [0, 0.1) is 5.92 Å². The maximum atomic E-state index is 11.6. The lowest BCUT2D eigenvalue weighted by Gasteiger charge is -2.27. The molecule has 1 aliphatic heterocycles. The molecule has 0 bridgehead atoms. The molecule has 20 heavy (non-hydrogen) atoms. The van der Waals surface area contributed by atoms with Crippen LogP contribution >= 0.6 is 0 Å². The summed E-state index contributed by atoms with van der Waals surface area (Å²) in [6, 6.07) is 6.93. The third kappa shape index (κ3) is 2.66. The zero-order valence-electron chi connectivity index (χ0n) is 12.3. The fourth-order valence-corrected chi connectivity index (χ4v) is 2.88. The predicted octanol–water partition coefficient (Wildman–Crippen LogP) is 3.11. The molecule has 1 saturated carbocycles. The van der Waals surface area contributed by atoms with E-state index < -0.39 is 0 Å². The maximum Gasteiger partial charge on any atom is 0.321 e. The van der Waals surface area contributed by atoms with Crippen LogP contribution in [0.2, 0.25) is 0 Å². The van der Waals surface area contributed by atoms with Crippen molar-refractivity contribution in [2.75, 3.05) is 18.9 Å². The molecule has 0 radical (unpaired) electrons. The zero-order chi connectivity index (χ0) is 14.1. The lowest BCUT2D eigenvalue weighted by Crippen LogP contribution is -2.35. The van der Waals surface area contributed by atoms with E-state index in [1.807, 2.05) is 7.05 Å². The third-order valence-electron chi connectivity index (χ3n) is 4.19. The van der Waals surface area contributed by atoms with E-state index in [9.17, 15) is 4.79 Å². The van der Waals surface area contributed by atoms with E-state index in [1.54, 1.807) is 4.90 Å². The Kier molecular flexibility index (Phi) is 3.66. The molecule has 2 N–H and O–H groups in total. The molecule has 1 aromatic rings. The van der Waals surface area contributed by atoms with Crippen LogP contribution in [-0.2, 0) is 6.54 Å². The number of carbonyl (C=O) groups excluding carboxylic acids is 1. The molecular weight excluding hydrogens is 250 g/mol. The van der Waals surface area contributed by atoms with Crippen LogP contribution in [0.5, 0.6) is 0 Å². The minimum absolute atomic E-state index is 0.0203. The number of urea groups is 1. The number of fused-ring (bicyclic) bond motifs is 1. The summed E-state index contributed by atoms with van der Waals surface area (Å²) in [5, 5.41) is 6.60. The summed E-state index contributed by atoms with van der Waals surface area (Å²) in [5.74, 6) is 0.788. The standard InChI is InChI=1S/C16H23N3O/c1-3-8-17-15(11-4-5-11)12-6-7-14-13(9-12)10-19(2)16(20)18-14/h6-7,9,11,15,17H,3-5,8,10H2,1-2H3,(H,18,20). The summed E-state index contributed by atoms with van der Waals surface area (Å²) < 4.78 is 0. The van der Waals surface area contributed by atoms with Crippen molar-refractivity contribution >= 4 is 11.7 Å². The first-order chi connectivity index (χ1) is 9.69. The topological polar surface area (TPSA) is 44.4 Å². The SMILES string of the molecule is CCCNC(c1ccc2c(c1)CN(C)C(=O)N2)C1CC1. The van der Waals surface area contributed by atoms with Crippen LogP contribution in [0.25, 0.3) is 0 Å². The molecule has 1 fully saturated rings. The van der Waals surface area contributed by atoms with Crippen LogP contribution in [-0.4, -0.2) is 24.5 Å². The summed E-state index contributed by atoms with van der Waals surface area (Å²) in [7, 11) is 1.83. The monoisotopic (exact) mass is 273 g/mol. The molecule has 3 rings (SSSR count). The van der Waals surface area contributed by atoms with Crippen LogP contribution < -0.4 is 10.6 Å². The molecule has 4 heteroatoms. The Labute approximate surface area is 120 Å². The van der Waals surface area contributed by atoms with Crippen molar-refractivity contribution in [3.63, 3.8) is 0 Å². The van der Waals surface area contributed by atoms with E-state index in [1.165, 1.54) is 24.0 Å². The fraction of sp³-hybridized carbons (Fsp3) is 0.562. The van der Waals surface area contributed by atoms with Gasteiger partial charge in [0.2, 0.25) is 0 Å². The summed E-state index contributed by atoms with van der Waals surface area (Å²) in [5.41, 5.74) is 3.54. The molecule has 2 amide bonds. The largest absolute Gasteiger partial charge is 0.323 e. The van der Waals surface area contributed by atoms with Gasteiger partial charge in [0, 0.05) is 25.3 Å². The Balaban J connectivity index is 1.83. The number of amides is 2. The van der Waals surface area contributed by atoms with E-state index >= 15 is 0 Å². The zero-order valence-corrected chi connectivity index (χ0v) is 12.3. The molecule has 4 nitrogen and oxygen atoms in total. The van der Waals surface area contributed by atoms with E-state index in [0.717, 1.165) is 24.6 Å². The first-order valence-corrected chi connectivity index (χ1v) is 7.57. The van der Waals surface area contributed by atoms with Gasteiger partial charge in [-0.3, -0.25) is 0 Å². The number of nitrogens with zero attached hydrogens (tertiary/aromatic N) is 1. The highest BCUT2D eigenvalue weighted by atomic mass is 16.2.